The summed E-state index contributed by atoms with van der Waals surface area (Å²) in [6.45, 7) is 6.76. The first-order chi connectivity index (χ1) is 7.04. The molecule has 1 fully saturated rings. The summed E-state index contributed by atoms with van der Waals surface area (Å²) in [7, 11) is 0. The third kappa shape index (κ3) is 3.08. The minimum atomic E-state index is -0.935. The number of carboxylic acids is 1. The van der Waals surface area contributed by atoms with E-state index in [9.17, 15) is 4.79 Å². The standard InChI is InChI=1S/C9H12.C4H6O2/c1-2-8-5-7-3-4-9(8)6-7;1-3(2)4(5)6/h2-4,7,9H,5-6H2,1H3;1H2,2H3,(H,5,6). The van der Waals surface area contributed by atoms with Gasteiger partial charge in [-0.3, -0.25) is 0 Å². The Bertz CT molecular complexity index is 311. The van der Waals surface area contributed by atoms with E-state index in [4.69, 9.17) is 5.11 Å². The molecule has 1 saturated carbocycles. The summed E-state index contributed by atoms with van der Waals surface area (Å²) < 4.78 is 0. The Hall–Kier alpha value is -1.31. The zero-order valence-electron chi connectivity index (χ0n) is 9.36. The third-order valence-electron chi connectivity index (χ3n) is 2.88. The van der Waals surface area contributed by atoms with Crippen molar-refractivity contribution in [2.24, 2.45) is 11.8 Å². The van der Waals surface area contributed by atoms with E-state index in [1.54, 1.807) is 5.57 Å². The molecule has 2 rings (SSSR count). The Labute approximate surface area is 91.0 Å². The van der Waals surface area contributed by atoms with Gasteiger partial charge < -0.3 is 5.11 Å². The predicted octanol–water partition coefficient (Wildman–Crippen LogP) is 3.18. The van der Waals surface area contributed by atoms with Crippen molar-refractivity contribution >= 4 is 5.97 Å². The van der Waals surface area contributed by atoms with E-state index in [0.29, 0.717) is 0 Å². The lowest BCUT2D eigenvalue weighted by Crippen LogP contribution is -1.92. The molecule has 0 heterocycles. The highest BCUT2D eigenvalue weighted by atomic mass is 16.4. The maximum Gasteiger partial charge on any atom is 0.330 e. The van der Waals surface area contributed by atoms with Gasteiger partial charge in [0.1, 0.15) is 0 Å². The van der Waals surface area contributed by atoms with Crippen molar-refractivity contribution in [3.05, 3.63) is 36.0 Å². The van der Waals surface area contributed by atoms with Crippen LogP contribution in [-0.2, 0) is 4.79 Å². The molecule has 0 radical (unpaired) electrons. The molecule has 15 heavy (non-hydrogen) atoms. The maximum absolute atomic E-state index is 9.60. The summed E-state index contributed by atoms with van der Waals surface area (Å²) in [5.41, 5.74) is 1.84. The van der Waals surface area contributed by atoms with Crippen LogP contribution >= 0.6 is 0 Å². The summed E-state index contributed by atoms with van der Waals surface area (Å²) in [4.78, 5) is 9.60. The van der Waals surface area contributed by atoms with Crippen molar-refractivity contribution in [3.8, 4) is 0 Å². The van der Waals surface area contributed by atoms with Gasteiger partial charge in [-0.25, -0.2) is 4.79 Å². The molecule has 2 unspecified atom stereocenters. The van der Waals surface area contributed by atoms with Crippen molar-refractivity contribution in [2.45, 2.75) is 26.7 Å². The van der Waals surface area contributed by atoms with E-state index in [-0.39, 0.29) is 5.57 Å². The molecule has 1 N–H and O–H groups in total. The minimum absolute atomic E-state index is 0.176. The highest BCUT2D eigenvalue weighted by molar-refractivity contribution is 5.84. The topological polar surface area (TPSA) is 37.3 Å². The van der Waals surface area contributed by atoms with Crippen LogP contribution in [0.15, 0.2) is 36.0 Å². The van der Waals surface area contributed by atoms with Crippen LogP contribution in [-0.4, -0.2) is 11.1 Å². The van der Waals surface area contributed by atoms with Gasteiger partial charge >= 0.3 is 5.97 Å². The fourth-order valence-corrected chi connectivity index (χ4v) is 1.99. The van der Waals surface area contributed by atoms with Crippen LogP contribution in [0.25, 0.3) is 0 Å². The third-order valence-corrected chi connectivity index (χ3v) is 2.88. The van der Waals surface area contributed by atoms with Gasteiger partial charge in [0.15, 0.2) is 0 Å². The second-order valence-electron chi connectivity index (χ2n) is 4.14. The van der Waals surface area contributed by atoms with E-state index in [1.807, 2.05) is 0 Å². The molecule has 2 aliphatic rings. The smallest absolute Gasteiger partial charge is 0.330 e. The van der Waals surface area contributed by atoms with Gasteiger partial charge in [-0.1, -0.05) is 30.4 Å². The second-order valence-corrected chi connectivity index (χ2v) is 4.14. The Balaban J connectivity index is 0.000000167. The normalized spacial score (nSPS) is 28.8. The molecule has 0 saturated heterocycles. The van der Waals surface area contributed by atoms with E-state index in [2.05, 4.69) is 31.7 Å². The summed E-state index contributed by atoms with van der Waals surface area (Å²) in [5, 5.41) is 7.89. The average molecular weight is 206 g/mol. The van der Waals surface area contributed by atoms with Crippen molar-refractivity contribution in [3.63, 3.8) is 0 Å². The van der Waals surface area contributed by atoms with Gasteiger partial charge in [0, 0.05) is 5.57 Å². The van der Waals surface area contributed by atoms with E-state index < -0.39 is 5.97 Å². The molecule has 2 atom stereocenters. The fourth-order valence-electron chi connectivity index (χ4n) is 1.99. The summed E-state index contributed by atoms with van der Waals surface area (Å²) in [6, 6.07) is 0. The molecule has 2 nitrogen and oxygen atoms in total. The van der Waals surface area contributed by atoms with Crippen LogP contribution in [0.3, 0.4) is 0 Å². The van der Waals surface area contributed by atoms with Gasteiger partial charge in [-0.2, -0.15) is 0 Å². The largest absolute Gasteiger partial charge is 0.478 e. The summed E-state index contributed by atoms with van der Waals surface area (Å²) in [5.74, 6) is 0.802. The number of carboxylic acid groups (broad SMARTS) is 1. The zero-order valence-corrected chi connectivity index (χ0v) is 9.36. The number of hydrogen-bond acceptors (Lipinski definition) is 1. The second kappa shape index (κ2) is 4.96. The summed E-state index contributed by atoms with van der Waals surface area (Å²) in [6.07, 6.45) is 9.77. The Morgan fingerprint density at radius 3 is 2.40 bits per heavy atom. The van der Waals surface area contributed by atoms with Gasteiger partial charge in [-0.05, 0) is 38.5 Å². The molecule has 2 aliphatic carbocycles. The number of carbonyl (C=O) groups is 1. The molecule has 0 amide bonds. The monoisotopic (exact) mass is 206 g/mol. The molecule has 2 bridgehead atoms. The van der Waals surface area contributed by atoms with Crippen molar-refractivity contribution in [2.75, 3.05) is 0 Å². The number of aliphatic carboxylic acids is 1. The van der Waals surface area contributed by atoms with Crippen LogP contribution in [0.2, 0.25) is 0 Å². The maximum atomic E-state index is 9.60. The van der Waals surface area contributed by atoms with Crippen LogP contribution < -0.4 is 0 Å². The van der Waals surface area contributed by atoms with Crippen LogP contribution in [0.1, 0.15) is 26.7 Å². The molecule has 0 aliphatic heterocycles. The lowest BCUT2D eigenvalue weighted by Gasteiger charge is -2.05. The van der Waals surface area contributed by atoms with E-state index in [1.165, 1.54) is 19.8 Å². The molecule has 0 spiro atoms. The molecular weight excluding hydrogens is 188 g/mol. The van der Waals surface area contributed by atoms with Crippen molar-refractivity contribution < 1.29 is 9.90 Å². The SMILES string of the molecule is C=C(C)C(=O)O.CC=C1CC2C=CC1C2. The molecule has 0 aromatic heterocycles. The molecule has 0 aromatic carbocycles. The molecule has 82 valence electrons. The van der Waals surface area contributed by atoms with Crippen molar-refractivity contribution in [1.29, 1.82) is 0 Å². The molecule has 0 aromatic rings. The van der Waals surface area contributed by atoms with Crippen LogP contribution in [0.5, 0.6) is 0 Å². The molecule has 2 heteroatoms. The van der Waals surface area contributed by atoms with Crippen molar-refractivity contribution in [1.82, 2.24) is 0 Å². The van der Waals surface area contributed by atoms with E-state index >= 15 is 0 Å². The Morgan fingerprint density at radius 2 is 2.20 bits per heavy atom. The lowest BCUT2D eigenvalue weighted by molar-refractivity contribution is -0.132. The van der Waals surface area contributed by atoms with Gasteiger partial charge in [-0.15, -0.1) is 0 Å². The zero-order chi connectivity index (χ0) is 11.4. The number of rotatable bonds is 1. The number of fused-ring (bicyclic) bond motifs is 2. The highest BCUT2D eigenvalue weighted by Gasteiger charge is 2.29. The minimum Gasteiger partial charge on any atom is -0.478 e. The first-order valence-corrected chi connectivity index (χ1v) is 5.26. The van der Waals surface area contributed by atoms with E-state index in [0.717, 1.165) is 11.8 Å². The lowest BCUT2D eigenvalue weighted by atomic mass is 10.0. The Kier molecular flexibility index (Phi) is 3.89. The Morgan fingerprint density at radius 1 is 1.60 bits per heavy atom. The fraction of sp³-hybridized carbons (Fsp3) is 0.462. The number of allylic oxidation sites excluding steroid dienone is 4. The first kappa shape index (κ1) is 11.8. The predicted molar refractivity (Wildman–Crippen MR) is 61.6 cm³/mol. The van der Waals surface area contributed by atoms with Gasteiger partial charge in [0.25, 0.3) is 0 Å². The first-order valence-electron chi connectivity index (χ1n) is 5.26. The van der Waals surface area contributed by atoms with Gasteiger partial charge in [0.05, 0.1) is 0 Å². The summed E-state index contributed by atoms with van der Waals surface area (Å²) >= 11 is 0. The van der Waals surface area contributed by atoms with Crippen LogP contribution in [0.4, 0.5) is 0 Å². The quantitative estimate of drug-likeness (QED) is 0.528. The van der Waals surface area contributed by atoms with Gasteiger partial charge in [0.2, 0.25) is 0 Å². The highest BCUT2D eigenvalue weighted by Crippen LogP contribution is 2.42. The number of hydrogen-bond donors (Lipinski definition) is 1. The average Bonchev–Trinajstić information content (AvgIpc) is 2.79. The van der Waals surface area contributed by atoms with Crippen LogP contribution in [0, 0.1) is 11.8 Å². The molecular formula is C13H18O2.